The number of carbonyl (C=O) groups excluding carboxylic acids is 4. The minimum absolute atomic E-state index is 0.145. The molecule has 4 rings (SSSR count). The third kappa shape index (κ3) is 6.54. The Morgan fingerprint density at radius 1 is 0.711 bits per heavy atom. The molecular formula is C28H38N6O4+2. The largest absolute Gasteiger partial charge is 0.368 e. The van der Waals surface area contributed by atoms with Gasteiger partial charge in [0.05, 0.1) is 0 Å². The SMILES string of the molecule is NC(=O)[C@H]1CCCN1C(=O)c1ccc[n+](CCCCCC[n+]2cccc(C(=O)N3CCC[C@H]3C(N)=O)c2)c1. The highest BCUT2D eigenvalue weighted by atomic mass is 16.2. The smallest absolute Gasteiger partial charge is 0.260 e. The fourth-order valence-electron chi connectivity index (χ4n) is 5.46. The molecular weight excluding hydrogens is 484 g/mol. The molecule has 4 amide bonds. The van der Waals surface area contributed by atoms with Gasteiger partial charge in [-0.15, -0.1) is 0 Å². The minimum Gasteiger partial charge on any atom is -0.368 e. The lowest BCUT2D eigenvalue weighted by Crippen LogP contribution is -2.44. The van der Waals surface area contributed by atoms with Crippen molar-refractivity contribution in [1.82, 2.24) is 9.80 Å². The van der Waals surface area contributed by atoms with Crippen LogP contribution in [0.4, 0.5) is 0 Å². The van der Waals surface area contributed by atoms with Crippen LogP contribution in [0.5, 0.6) is 0 Å². The molecule has 2 aliphatic heterocycles. The van der Waals surface area contributed by atoms with Gasteiger partial charge in [-0.25, -0.2) is 9.13 Å². The van der Waals surface area contributed by atoms with Gasteiger partial charge in [0.25, 0.3) is 11.8 Å². The molecule has 0 bridgehead atoms. The molecule has 2 saturated heterocycles. The number of unbranched alkanes of at least 4 members (excludes halogenated alkanes) is 3. The lowest BCUT2D eigenvalue weighted by atomic mass is 10.1. The number of primary amides is 2. The maximum atomic E-state index is 12.9. The van der Waals surface area contributed by atoms with Gasteiger partial charge in [0.15, 0.2) is 24.8 Å². The number of nitrogens with two attached hydrogens (primary N) is 2. The van der Waals surface area contributed by atoms with E-state index in [0.717, 1.165) is 51.6 Å². The van der Waals surface area contributed by atoms with Gasteiger partial charge < -0.3 is 21.3 Å². The summed E-state index contributed by atoms with van der Waals surface area (Å²) in [6, 6.07) is 6.26. The van der Waals surface area contributed by atoms with Crippen LogP contribution in [0, 0.1) is 0 Å². The average molecular weight is 523 g/mol. The highest BCUT2D eigenvalue weighted by molar-refractivity contribution is 5.98. The molecule has 2 aliphatic rings. The summed E-state index contributed by atoms with van der Waals surface area (Å²) in [6.45, 7) is 2.72. The molecule has 2 atom stereocenters. The van der Waals surface area contributed by atoms with E-state index in [9.17, 15) is 19.2 Å². The Hall–Kier alpha value is -3.82. The Kier molecular flexibility index (Phi) is 9.04. The molecule has 0 unspecified atom stereocenters. The van der Waals surface area contributed by atoms with Gasteiger partial charge in [-0.05, 0) is 50.7 Å². The van der Waals surface area contributed by atoms with Crippen molar-refractivity contribution in [3.05, 3.63) is 60.2 Å². The van der Waals surface area contributed by atoms with Crippen LogP contribution in [0.3, 0.4) is 0 Å². The van der Waals surface area contributed by atoms with E-state index < -0.39 is 23.9 Å². The third-order valence-electron chi connectivity index (χ3n) is 7.48. The molecule has 202 valence electrons. The van der Waals surface area contributed by atoms with Crippen LogP contribution in [-0.4, -0.2) is 58.6 Å². The zero-order valence-electron chi connectivity index (χ0n) is 21.8. The number of likely N-dealkylation sites (tertiary alicyclic amines) is 2. The number of pyridine rings is 2. The standard InChI is InChI=1S/C28H36N6O4/c29-25(35)23-11-7-17-33(23)27(37)21-9-5-15-31(19-21)13-3-1-2-4-14-32-16-6-10-22(20-32)28(38)34-18-8-12-24(34)26(30)36/h5-6,9-10,15-16,19-20,23-24H,1-4,7-8,11-14,17-18H2,(H2-2,29,30,35,36)/p+2/t23-,24+. The van der Waals surface area contributed by atoms with Crippen molar-refractivity contribution < 1.29 is 28.3 Å². The monoisotopic (exact) mass is 522 g/mol. The van der Waals surface area contributed by atoms with Gasteiger partial charge >= 0.3 is 0 Å². The van der Waals surface area contributed by atoms with Crippen LogP contribution < -0.4 is 20.6 Å². The molecule has 2 fully saturated rings. The lowest BCUT2D eigenvalue weighted by Gasteiger charge is -2.21. The molecule has 0 aliphatic carbocycles. The van der Waals surface area contributed by atoms with E-state index >= 15 is 0 Å². The maximum absolute atomic E-state index is 12.9. The molecule has 0 saturated carbocycles. The van der Waals surface area contributed by atoms with Crippen molar-refractivity contribution in [2.24, 2.45) is 11.5 Å². The van der Waals surface area contributed by atoms with E-state index in [1.165, 1.54) is 0 Å². The van der Waals surface area contributed by atoms with E-state index in [0.29, 0.717) is 37.1 Å². The maximum Gasteiger partial charge on any atom is 0.260 e. The number of carbonyl (C=O) groups is 4. The molecule has 10 nitrogen and oxygen atoms in total. The molecule has 4 heterocycles. The van der Waals surface area contributed by atoms with Gasteiger partial charge in [-0.1, -0.05) is 0 Å². The number of nitrogens with zero attached hydrogens (tertiary/aromatic N) is 4. The van der Waals surface area contributed by atoms with Crippen molar-refractivity contribution in [2.45, 2.75) is 76.5 Å². The summed E-state index contributed by atoms with van der Waals surface area (Å²) in [4.78, 5) is 52.3. The van der Waals surface area contributed by atoms with E-state index in [1.807, 2.05) is 46.1 Å². The highest BCUT2D eigenvalue weighted by Gasteiger charge is 2.35. The van der Waals surface area contributed by atoms with Crippen molar-refractivity contribution in [3.63, 3.8) is 0 Å². The first-order valence-corrected chi connectivity index (χ1v) is 13.5. The van der Waals surface area contributed by atoms with Gasteiger partial charge in [0, 0.05) is 38.1 Å². The van der Waals surface area contributed by atoms with Crippen LogP contribution in [0.15, 0.2) is 49.1 Å². The number of aryl methyl sites for hydroxylation is 2. The summed E-state index contributed by atoms with van der Waals surface area (Å²) < 4.78 is 4.04. The second kappa shape index (κ2) is 12.6. The van der Waals surface area contributed by atoms with Gasteiger partial charge in [-0.3, -0.25) is 19.2 Å². The fraction of sp³-hybridized carbons (Fsp3) is 0.500. The first kappa shape index (κ1) is 27.2. The van der Waals surface area contributed by atoms with Gasteiger partial charge in [0.1, 0.15) is 36.3 Å². The number of hydrogen-bond donors (Lipinski definition) is 2. The zero-order valence-corrected chi connectivity index (χ0v) is 21.8. The second-order valence-corrected chi connectivity index (χ2v) is 10.2. The van der Waals surface area contributed by atoms with Crippen molar-refractivity contribution in [2.75, 3.05) is 13.1 Å². The number of aromatic nitrogens is 2. The molecule has 0 aromatic carbocycles. The Bertz CT molecular complexity index is 1090. The fourth-order valence-corrected chi connectivity index (χ4v) is 5.46. The lowest BCUT2D eigenvalue weighted by molar-refractivity contribution is -0.699. The summed E-state index contributed by atoms with van der Waals surface area (Å²) in [5, 5.41) is 0. The Morgan fingerprint density at radius 3 is 1.53 bits per heavy atom. The first-order chi connectivity index (χ1) is 18.3. The number of amides is 4. The minimum atomic E-state index is -0.514. The molecule has 38 heavy (non-hydrogen) atoms. The average Bonchev–Trinajstić information content (AvgIpc) is 3.61. The predicted molar refractivity (Wildman–Crippen MR) is 138 cm³/mol. The summed E-state index contributed by atoms with van der Waals surface area (Å²) in [6.07, 6.45) is 14.5. The molecule has 2 aromatic heterocycles. The highest BCUT2D eigenvalue weighted by Crippen LogP contribution is 2.20. The third-order valence-corrected chi connectivity index (χ3v) is 7.48. The van der Waals surface area contributed by atoms with Crippen LogP contribution in [0.25, 0.3) is 0 Å². The predicted octanol–water partition coefficient (Wildman–Crippen LogP) is 0.702. The van der Waals surface area contributed by atoms with Crippen LogP contribution in [0.1, 0.15) is 72.1 Å². The number of hydrogen-bond acceptors (Lipinski definition) is 4. The van der Waals surface area contributed by atoms with E-state index in [4.69, 9.17) is 11.5 Å². The van der Waals surface area contributed by atoms with E-state index in [1.54, 1.807) is 21.9 Å². The Labute approximate surface area is 223 Å². The zero-order chi connectivity index (χ0) is 27.1. The second-order valence-electron chi connectivity index (χ2n) is 10.2. The molecule has 2 aromatic rings. The van der Waals surface area contributed by atoms with Crippen LogP contribution >= 0.6 is 0 Å². The first-order valence-electron chi connectivity index (χ1n) is 13.5. The van der Waals surface area contributed by atoms with E-state index in [2.05, 4.69) is 0 Å². The topological polar surface area (TPSA) is 135 Å². The van der Waals surface area contributed by atoms with Crippen LogP contribution in [0.2, 0.25) is 0 Å². The van der Waals surface area contributed by atoms with Crippen molar-refractivity contribution >= 4 is 23.6 Å². The van der Waals surface area contributed by atoms with Gasteiger partial charge in [-0.2, -0.15) is 0 Å². The van der Waals surface area contributed by atoms with Crippen molar-refractivity contribution in [1.29, 1.82) is 0 Å². The summed E-state index contributed by atoms with van der Waals surface area (Å²) in [5.41, 5.74) is 12.1. The normalized spacial score (nSPS) is 19.1. The van der Waals surface area contributed by atoms with E-state index in [-0.39, 0.29) is 11.8 Å². The summed E-state index contributed by atoms with van der Waals surface area (Å²) in [7, 11) is 0. The Balaban J connectivity index is 1.21. The number of rotatable bonds is 11. The molecule has 0 radical (unpaired) electrons. The summed E-state index contributed by atoms with van der Waals surface area (Å²) >= 11 is 0. The van der Waals surface area contributed by atoms with Crippen LogP contribution in [-0.2, 0) is 22.7 Å². The van der Waals surface area contributed by atoms with Gasteiger partial charge in [0.2, 0.25) is 11.8 Å². The molecule has 4 N–H and O–H groups in total. The molecule has 10 heteroatoms. The Morgan fingerprint density at radius 2 is 1.13 bits per heavy atom. The van der Waals surface area contributed by atoms with Crippen molar-refractivity contribution in [3.8, 4) is 0 Å². The quantitative estimate of drug-likeness (QED) is 0.332. The molecule has 0 spiro atoms. The summed E-state index contributed by atoms with van der Waals surface area (Å²) in [5.74, 6) is -1.18.